The second-order valence-corrected chi connectivity index (χ2v) is 8.34. The molecule has 4 heterocycles. The molecule has 1 aromatic heterocycles. The fourth-order valence-electron chi connectivity index (χ4n) is 4.35. The van der Waals surface area contributed by atoms with Gasteiger partial charge in [0.15, 0.2) is 0 Å². The fourth-order valence-corrected chi connectivity index (χ4v) is 4.54. The molecular formula is C22H20ClN5O2. The van der Waals surface area contributed by atoms with Crippen molar-refractivity contribution in [2.75, 3.05) is 6.54 Å². The van der Waals surface area contributed by atoms with Crippen molar-refractivity contribution in [2.45, 2.75) is 31.8 Å². The Hall–Kier alpha value is -3.19. The van der Waals surface area contributed by atoms with Gasteiger partial charge in [-0.15, -0.1) is 0 Å². The van der Waals surface area contributed by atoms with Gasteiger partial charge in [0.05, 0.1) is 12.1 Å². The number of aliphatic imine (C=N–C) groups is 1. The average Bonchev–Trinajstić information content (AvgIpc) is 3.16. The van der Waals surface area contributed by atoms with Crippen LogP contribution < -0.4 is 0 Å². The molecule has 2 amide bonds. The number of amidine groups is 1. The van der Waals surface area contributed by atoms with Gasteiger partial charge < -0.3 is 9.80 Å². The molecule has 8 heteroatoms. The number of carbonyl (C=O) groups is 2. The first-order valence-electron chi connectivity index (χ1n) is 9.83. The minimum absolute atomic E-state index is 0.0450. The molecule has 0 fully saturated rings. The smallest absolute Gasteiger partial charge is 0.250 e. The van der Waals surface area contributed by atoms with E-state index in [0.29, 0.717) is 30.4 Å². The van der Waals surface area contributed by atoms with Crippen LogP contribution in [0.3, 0.4) is 0 Å². The second kappa shape index (κ2) is 6.95. The Morgan fingerprint density at radius 2 is 2.17 bits per heavy atom. The predicted octanol–water partition coefficient (Wildman–Crippen LogP) is 3.09. The highest BCUT2D eigenvalue weighted by Crippen LogP contribution is 2.34. The molecule has 1 aromatic carbocycles. The average molecular weight is 422 g/mol. The summed E-state index contributed by atoms with van der Waals surface area (Å²) >= 11 is 6.16. The van der Waals surface area contributed by atoms with Gasteiger partial charge in [-0.05, 0) is 31.2 Å². The van der Waals surface area contributed by atoms with Crippen molar-refractivity contribution in [3.05, 3.63) is 65.0 Å². The summed E-state index contributed by atoms with van der Waals surface area (Å²) in [4.78, 5) is 33.7. The highest BCUT2D eigenvalue weighted by molar-refractivity contribution is 6.30. The number of amides is 2. The van der Waals surface area contributed by atoms with Gasteiger partial charge in [-0.25, -0.2) is 0 Å². The standard InChI is InChI=1S/C22H20ClN5O2/c1-22(12-19(29)24-18-7-2-3-9-28(18)22)21(30)27-10-8-17-16(13-27)20(26-25-17)14-5-4-6-15(23)11-14/h2-7,9,11H,8,10,12-13H2,1H3,(H,25,26). The largest absolute Gasteiger partial charge is 0.336 e. The maximum absolute atomic E-state index is 13.7. The molecule has 0 radical (unpaired) electrons. The second-order valence-electron chi connectivity index (χ2n) is 7.90. The molecule has 1 unspecified atom stereocenters. The molecular weight excluding hydrogens is 402 g/mol. The van der Waals surface area contributed by atoms with Crippen LogP contribution in [0.2, 0.25) is 5.02 Å². The lowest BCUT2D eigenvalue weighted by molar-refractivity contribution is -0.144. The number of H-pyrrole nitrogens is 1. The SMILES string of the molecule is CC1(C(=O)N2CCc3[nH]nc(-c4cccc(Cl)c4)c3C2)CC(=O)N=C2C=CC=CN21. The van der Waals surface area contributed by atoms with E-state index in [1.54, 1.807) is 11.0 Å². The molecule has 5 rings (SSSR count). The highest BCUT2D eigenvalue weighted by atomic mass is 35.5. The van der Waals surface area contributed by atoms with E-state index in [1.807, 2.05) is 54.4 Å². The minimum Gasteiger partial charge on any atom is -0.336 e. The zero-order valence-electron chi connectivity index (χ0n) is 16.4. The van der Waals surface area contributed by atoms with E-state index in [-0.39, 0.29) is 18.2 Å². The third-order valence-electron chi connectivity index (χ3n) is 5.88. The van der Waals surface area contributed by atoms with Crippen molar-refractivity contribution < 1.29 is 9.59 Å². The van der Waals surface area contributed by atoms with Gasteiger partial charge in [-0.2, -0.15) is 10.1 Å². The first-order chi connectivity index (χ1) is 14.5. The van der Waals surface area contributed by atoms with Crippen LogP contribution in [0.4, 0.5) is 0 Å². The maximum Gasteiger partial charge on any atom is 0.250 e. The van der Waals surface area contributed by atoms with Gasteiger partial charge in [-0.1, -0.05) is 29.8 Å². The van der Waals surface area contributed by atoms with Crippen LogP contribution in [0.15, 0.2) is 53.7 Å². The summed E-state index contributed by atoms with van der Waals surface area (Å²) in [6.45, 7) is 2.80. The molecule has 3 aliphatic heterocycles. The Kier molecular flexibility index (Phi) is 4.36. The molecule has 30 heavy (non-hydrogen) atoms. The Bertz CT molecular complexity index is 1150. The molecule has 1 N–H and O–H groups in total. The number of benzene rings is 1. The molecule has 2 aromatic rings. The summed E-state index contributed by atoms with van der Waals surface area (Å²) in [5, 5.41) is 8.23. The van der Waals surface area contributed by atoms with E-state index in [2.05, 4.69) is 15.2 Å². The summed E-state index contributed by atoms with van der Waals surface area (Å²) in [5.74, 6) is 0.134. The molecule has 0 spiro atoms. The van der Waals surface area contributed by atoms with E-state index in [4.69, 9.17) is 11.6 Å². The molecule has 7 nitrogen and oxygen atoms in total. The number of nitrogens with one attached hydrogen (secondary N) is 1. The van der Waals surface area contributed by atoms with E-state index in [9.17, 15) is 9.59 Å². The third-order valence-corrected chi connectivity index (χ3v) is 6.12. The summed E-state index contributed by atoms with van der Waals surface area (Å²) < 4.78 is 0. The molecule has 0 saturated heterocycles. The Morgan fingerprint density at radius 3 is 3.00 bits per heavy atom. The quantitative estimate of drug-likeness (QED) is 0.807. The lowest BCUT2D eigenvalue weighted by atomic mass is 9.89. The number of carbonyl (C=O) groups excluding carboxylic acids is 2. The summed E-state index contributed by atoms with van der Waals surface area (Å²) in [5.41, 5.74) is 2.73. The van der Waals surface area contributed by atoms with Gasteiger partial charge in [0.1, 0.15) is 11.4 Å². The summed E-state index contributed by atoms with van der Waals surface area (Å²) in [6, 6.07) is 7.53. The normalized spacial score (nSPS) is 22.6. The third kappa shape index (κ3) is 2.97. The summed E-state index contributed by atoms with van der Waals surface area (Å²) in [6.07, 6.45) is 7.95. The van der Waals surface area contributed by atoms with Gasteiger partial charge in [0, 0.05) is 47.6 Å². The number of allylic oxidation sites excluding steroid dienone is 2. The van der Waals surface area contributed by atoms with Crippen LogP contribution >= 0.6 is 11.6 Å². The topological polar surface area (TPSA) is 81.7 Å². The number of hydrogen-bond acceptors (Lipinski definition) is 4. The number of halogens is 1. The van der Waals surface area contributed by atoms with Crippen molar-refractivity contribution in [3.8, 4) is 11.3 Å². The molecule has 0 bridgehead atoms. The lowest BCUT2D eigenvalue weighted by Gasteiger charge is -2.44. The van der Waals surface area contributed by atoms with Crippen molar-refractivity contribution in [2.24, 2.45) is 4.99 Å². The van der Waals surface area contributed by atoms with E-state index < -0.39 is 5.54 Å². The monoisotopic (exact) mass is 421 g/mol. The lowest BCUT2D eigenvalue weighted by Crippen LogP contribution is -2.61. The van der Waals surface area contributed by atoms with Gasteiger partial charge in [0.2, 0.25) is 5.91 Å². The number of rotatable bonds is 2. The van der Waals surface area contributed by atoms with Crippen molar-refractivity contribution >= 4 is 29.3 Å². The number of nitrogens with zero attached hydrogens (tertiary/aromatic N) is 4. The van der Waals surface area contributed by atoms with Crippen LogP contribution in [0.5, 0.6) is 0 Å². The molecule has 0 saturated carbocycles. The number of fused-ring (bicyclic) bond motifs is 2. The van der Waals surface area contributed by atoms with Crippen LogP contribution in [-0.4, -0.2) is 49.7 Å². The predicted molar refractivity (Wildman–Crippen MR) is 114 cm³/mol. The number of aromatic nitrogens is 2. The maximum atomic E-state index is 13.7. The zero-order valence-corrected chi connectivity index (χ0v) is 17.2. The van der Waals surface area contributed by atoms with Crippen molar-refractivity contribution in [1.82, 2.24) is 20.0 Å². The first-order valence-corrected chi connectivity index (χ1v) is 10.2. The Balaban J connectivity index is 1.46. The van der Waals surface area contributed by atoms with Crippen molar-refractivity contribution in [1.29, 1.82) is 0 Å². The van der Waals surface area contributed by atoms with E-state index >= 15 is 0 Å². The molecule has 3 aliphatic rings. The number of aromatic amines is 1. The van der Waals surface area contributed by atoms with Crippen LogP contribution in [-0.2, 0) is 22.6 Å². The number of hydrogen-bond donors (Lipinski definition) is 1. The molecule has 0 aliphatic carbocycles. The summed E-state index contributed by atoms with van der Waals surface area (Å²) in [7, 11) is 0. The van der Waals surface area contributed by atoms with Crippen LogP contribution in [0.25, 0.3) is 11.3 Å². The van der Waals surface area contributed by atoms with Gasteiger partial charge >= 0.3 is 0 Å². The Morgan fingerprint density at radius 1 is 1.30 bits per heavy atom. The van der Waals surface area contributed by atoms with Gasteiger partial charge in [-0.3, -0.25) is 14.7 Å². The Labute approximate surface area is 178 Å². The van der Waals surface area contributed by atoms with Crippen molar-refractivity contribution in [3.63, 3.8) is 0 Å². The fraction of sp³-hybridized carbons (Fsp3) is 0.273. The van der Waals surface area contributed by atoms with Gasteiger partial charge in [0.25, 0.3) is 5.91 Å². The highest BCUT2D eigenvalue weighted by Gasteiger charge is 2.47. The van der Waals surface area contributed by atoms with E-state index in [1.165, 1.54) is 0 Å². The zero-order chi connectivity index (χ0) is 20.9. The van der Waals surface area contributed by atoms with Crippen LogP contribution in [0.1, 0.15) is 24.6 Å². The van der Waals surface area contributed by atoms with E-state index in [0.717, 1.165) is 22.5 Å². The van der Waals surface area contributed by atoms with Crippen LogP contribution in [0, 0.1) is 0 Å². The molecule has 152 valence electrons. The first kappa shape index (κ1) is 18.8. The molecule has 1 atom stereocenters. The minimum atomic E-state index is -1.01.